The van der Waals surface area contributed by atoms with Crippen LogP contribution in [0.4, 0.5) is 0 Å². The zero-order valence-electron chi connectivity index (χ0n) is 9.76. The Morgan fingerprint density at radius 2 is 2.24 bits per heavy atom. The molecule has 0 spiro atoms. The Kier molecular flexibility index (Phi) is 3.15. The minimum absolute atomic E-state index is 0.0206. The highest BCUT2D eigenvalue weighted by Crippen LogP contribution is 2.21. The van der Waals surface area contributed by atoms with Crippen LogP contribution < -0.4 is 5.73 Å². The van der Waals surface area contributed by atoms with Crippen molar-refractivity contribution in [3.63, 3.8) is 0 Å². The van der Waals surface area contributed by atoms with E-state index in [4.69, 9.17) is 5.73 Å². The summed E-state index contributed by atoms with van der Waals surface area (Å²) in [6.45, 7) is 2.39. The molecular formula is C13H16N2O2. The normalized spacial score (nSPS) is 12.8. The molecule has 0 bridgehead atoms. The fraction of sp³-hybridized carbons (Fsp3) is 0.308. The highest BCUT2D eigenvalue weighted by molar-refractivity contribution is 5.84. The van der Waals surface area contributed by atoms with Crippen molar-refractivity contribution in [3.05, 3.63) is 36.0 Å². The van der Waals surface area contributed by atoms with Crippen molar-refractivity contribution in [2.75, 3.05) is 0 Å². The van der Waals surface area contributed by atoms with Gasteiger partial charge in [-0.3, -0.25) is 4.79 Å². The number of aliphatic hydroxyl groups is 1. The van der Waals surface area contributed by atoms with Crippen LogP contribution >= 0.6 is 0 Å². The van der Waals surface area contributed by atoms with E-state index in [2.05, 4.69) is 0 Å². The fourth-order valence-electron chi connectivity index (χ4n) is 1.97. The van der Waals surface area contributed by atoms with Gasteiger partial charge in [-0.2, -0.15) is 0 Å². The maximum atomic E-state index is 11.1. The van der Waals surface area contributed by atoms with Gasteiger partial charge in [-0.1, -0.05) is 19.1 Å². The fourth-order valence-corrected chi connectivity index (χ4v) is 1.97. The van der Waals surface area contributed by atoms with Crippen LogP contribution in [0.2, 0.25) is 0 Å². The van der Waals surface area contributed by atoms with E-state index in [9.17, 15) is 9.90 Å². The van der Waals surface area contributed by atoms with Crippen molar-refractivity contribution < 1.29 is 9.90 Å². The lowest BCUT2D eigenvalue weighted by atomic mass is 10.1. The molecule has 0 radical (unpaired) electrons. The average molecular weight is 232 g/mol. The van der Waals surface area contributed by atoms with E-state index in [-0.39, 0.29) is 18.4 Å². The zero-order chi connectivity index (χ0) is 12.4. The maximum absolute atomic E-state index is 11.1. The van der Waals surface area contributed by atoms with Gasteiger partial charge in [-0.15, -0.1) is 0 Å². The summed E-state index contributed by atoms with van der Waals surface area (Å²) in [7, 11) is 0. The lowest BCUT2D eigenvalue weighted by Crippen LogP contribution is -2.24. The molecule has 3 N–H and O–H groups in total. The molecule has 0 aliphatic carbocycles. The number of carbonyl (C=O) groups is 1. The number of primary amides is 1. The van der Waals surface area contributed by atoms with Gasteiger partial charge >= 0.3 is 0 Å². The van der Waals surface area contributed by atoms with Crippen LogP contribution in [0, 0.1) is 5.92 Å². The van der Waals surface area contributed by atoms with Gasteiger partial charge < -0.3 is 15.4 Å². The number of amides is 1. The van der Waals surface area contributed by atoms with Gasteiger partial charge in [0, 0.05) is 23.6 Å². The summed E-state index contributed by atoms with van der Waals surface area (Å²) >= 11 is 0. The zero-order valence-corrected chi connectivity index (χ0v) is 9.76. The first kappa shape index (κ1) is 11.7. The first-order valence-electron chi connectivity index (χ1n) is 5.60. The van der Waals surface area contributed by atoms with Crippen LogP contribution in [0.25, 0.3) is 10.9 Å². The minimum Gasteiger partial charge on any atom is -0.392 e. The number of rotatable bonds is 4. The molecule has 1 aromatic carbocycles. The second kappa shape index (κ2) is 4.59. The summed E-state index contributed by atoms with van der Waals surface area (Å²) in [5.41, 5.74) is 7.17. The predicted octanol–water partition coefficient (Wildman–Crippen LogP) is 1.25. The number of nitrogens with zero attached hydrogens (tertiary/aromatic N) is 1. The monoisotopic (exact) mass is 232 g/mol. The largest absolute Gasteiger partial charge is 0.392 e. The van der Waals surface area contributed by atoms with E-state index < -0.39 is 0 Å². The number of carbonyl (C=O) groups excluding carboxylic acids is 1. The Hall–Kier alpha value is -1.81. The van der Waals surface area contributed by atoms with Gasteiger partial charge in [-0.25, -0.2) is 0 Å². The van der Waals surface area contributed by atoms with Crippen LogP contribution in [0.5, 0.6) is 0 Å². The van der Waals surface area contributed by atoms with Gasteiger partial charge in [0.05, 0.1) is 12.5 Å². The molecule has 90 valence electrons. The number of aromatic nitrogens is 1. The number of aliphatic hydroxyl groups excluding tert-OH is 1. The molecule has 1 atom stereocenters. The summed E-state index contributed by atoms with van der Waals surface area (Å²) in [5.74, 6) is -0.506. The van der Waals surface area contributed by atoms with Crippen molar-refractivity contribution in [1.82, 2.24) is 4.57 Å². The van der Waals surface area contributed by atoms with E-state index in [1.807, 2.05) is 42.0 Å². The molecule has 0 aliphatic heterocycles. The highest BCUT2D eigenvalue weighted by Gasteiger charge is 2.11. The van der Waals surface area contributed by atoms with Crippen LogP contribution in [0.1, 0.15) is 12.5 Å². The Labute approximate surface area is 99.7 Å². The minimum atomic E-state index is -0.301. The molecule has 0 saturated heterocycles. The van der Waals surface area contributed by atoms with Crippen LogP contribution in [-0.2, 0) is 17.9 Å². The third kappa shape index (κ3) is 2.17. The molecule has 17 heavy (non-hydrogen) atoms. The standard InChI is InChI=1S/C13H16N2O2/c1-9(13(14)17)7-15-6-5-11-10(8-16)3-2-4-12(11)15/h2-6,9,16H,7-8H2,1H3,(H2,14,17). The van der Waals surface area contributed by atoms with E-state index in [0.29, 0.717) is 6.54 Å². The number of hydrogen-bond acceptors (Lipinski definition) is 2. The van der Waals surface area contributed by atoms with Crippen LogP contribution in [-0.4, -0.2) is 15.6 Å². The Morgan fingerprint density at radius 3 is 2.88 bits per heavy atom. The van der Waals surface area contributed by atoms with Gasteiger partial charge in [0.15, 0.2) is 0 Å². The van der Waals surface area contributed by atoms with E-state index in [1.165, 1.54) is 0 Å². The van der Waals surface area contributed by atoms with Crippen LogP contribution in [0.3, 0.4) is 0 Å². The van der Waals surface area contributed by atoms with Crippen molar-refractivity contribution in [3.8, 4) is 0 Å². The molecular weight excluding hydrogens is 216 g/mol. The first-order chi connectivity index (χ1) is 8.13. The number of nitrogens with two attached hydrogens (primary N) is 1. The third-order valence-corrected chi connectivity index (χ3v) is 3.03. The van der Waals surface area contributed by atoms with Gasteiger partial charge in [0.25, 0.3) is 0 Å². The quantitative estimate of drug-likeness (QED) is 0.833. The predicted molar refractivity (Wildman–Crippen MR) is 66.2 cm³/mol. The van der Waals surface area contributed by atoms with Gasteiger partial charge in [-0.05, 0) is 17.7 Å². The summed E-state index contributed by atoms with van der Waals surface area (Å²) < 4.78 is 1.99. The van der Waals surface area contributed by atoms with E-state index >= 15 is 0 Å². The SMILES string of the molecule is CC(Cn1ccc2c(CO)cccc21)C(N)=O. The first-order valence-corrected chi connectivity index (χ1v) is 5.60. The third-order valence-electron chi connectivity index (χ3n) is 3.03. The smallest absolute Gasteiger partial charge is 0.222 e. The summed E-state index contributed by atoms with van der Waals surface area (Å²) in [6.07, 6.45) is 1.92. The second-order valence-corrected chi connectivity index (χ2v) is 4.28. The Balaban J connectivity index is 2.40. The molecule has 0 aliphatic rings. The molecule has 1 heterocycles. The average Bonchev–Trinajstić information content (AvgIpc) is 2.72. The van der Waals surface area contributed by atoms with Gasteiger partial charge in [0.2, 0.25) is 5.91 Å². The molecule has 0 fully saturated rings. The van der Waals surface area contributed by atoms with Crippen molar-refractivity contribution >= 4 is 16.8 Å². The molecule has 1 amide bonds. The molecule has 4 heteroatoms. The molecule has 4 nitrogen and oxygen atoms in total. The molecule has 1 unspecified atom stereocenters. The number of benzene rings is 1. The summed E-state index contributed by atoms with van der Waals surface area (Å²) in [5, 5.41) is 10.3. The summed E-state index contributed by atoms with van der Waals surface area (Å²) in [4.78, 5) is 11.1. The number of fused-ring (bicyclic) bond motifs is 1. The van der Waals surface area contributed by atoms with Crippen molar-refractivity contribution in [1.29, 1.82) is 0 Å². The van der Waals surface area contributed by atoms with E-state index in [0.717, 1.165) is 16.5 Å². The highest BCUT2D eigenvalue weighted by atomic mass is 16.3. The van der Waals surface area contributed by atoms with E-state index in [1.54, 1.807) is 0 Å². The second-order valence-electron chi connectivity index (χ2n) is 4.28. The Morgan fingerprint density at radius 1 is 1.47 bits per heavy atom. The lowest BCUT2D eigenvalue weighted by molar-refractivity contribution is -0.121. The number of hydrogen-bond donors (Lipinski definition) is 2. The molecule has 0 saturated carbocycles. The molecule has 1 aromatic heterocycles. The lowest BCUT2D eigenvalue weighted by Gasteiger charge is -2.10. The summed E-state index contributed by atoms with van der Waals surface area (Å²) in [6, 6.07) is 7.72. The topological polar surface area (TPSA) is 68.2 Å². The van der Waals surface area contributed by atoms with Crippen molar-refractivity contribution in [2.45, 2.75) is 20.1 Å². The Bertz CT molecular complexity index is 545. The van der Waals surface area contributed by atoms with Gasteiger partial charge in [0.1, 0.15) is 0 Å². The van der Waals surface area contributed by atoms with Crippen LogP contribution in [0.15, 0.2) is 30.5 Å². The molecule has 2 aromatic rings. The molecule has 2 rings (SSSR count). The maximum Gasteiger partial charge on any atom is 0.222 e. The van der Waals surface area contributed by atoms with Crippen molar-refractivity contribution in [2.24, 2.45) is 11.7 Å².